The molecule has 1 heterocycles. The minimum Gasteiger partial charge on any atom is -0.422 e. The van der Waals surface area contributed by atoms with E-state index >= 15 is 0 Å². The van der Waals surface area contributed by atoms with E-state index in [0.29, 0.717) is 11.1 Å². The molecule has 0 aliphatic heterocycles. The van der Waals surface area contributed by atoms with Crippen LogP contribution >= 0.6 is 12.6 Å². The van der Waals surface area contributed by atoms with Crippen molar-refractivity contribution in [2.75, 3.05) is 0 Å². The first-order chi connectivity index (χ1) is 11.7. The van der Waals surface area contributed by atoms with Gasteiger partial charge in [0.1, 0.15) is 5.58 Å². The summed E-state index contributed by atoms with van der Waals surface area (Å²) in [6, 6.07) is 25.2. The molecule has 0 saturated carbocycles. The number of thiol groups is 1. The van der Waals surface area contributed by atoms with Gasteiger partial charge < -0.3 is 4.42 Å². The molecule has 1 aromatic heterocycles. The molecule has 0 atom stereocenters. The first kappa shape index (κ1) is 14.8. The summed E-state index contributed by atoms with van der Waals surface area (Å²) in [4.78, 5) is 13.5. The van der Waals surface area contributed by atoms with E-state index in [0.717, 1.165) is 27.0 Å². The fourth-order valence-electron chi connectivity index (χ4n) is 2.96. The third-order valence-electron chi connectivity index (χ3n) is 4.02. The Balaban J connectivity index is 2.17. The first-order valence-corrected chi connectivity index (χ1v) is 8.09. The maximum absolute atomic E-state index is 12.7. The zero-order chi connectivity index (χ0) is 16.5. The van der Waals surface area contributed by atoms with Crippen LogP contribution in [0.15, 0.2) is 93.0 Å². The van der Waals surface area contributed by atoms with Crippen molar-refractivity contribution in [1.29, 1.82) is 0 Å². The van der Waals surface area contributed by atoms with Crippen molar-refractivity contribution in [2.24, 2.45) is 0 Å². The fraction of sp³-hybridized carbons (Fsp3) is 0. The summed E-state index contributed by atoms with van der Waals surface area (Å²) >= 11 is 4.35. The van der Waals surface area contributed by atoms with Crippen molar-refractivity contribution >= 4 is 23.6 Å². The summed E-state index contributed by atoms with van der Waals surface area (Å²) in [5.74, 6) is 0. The van der Waals surface area contributed by atoms with Gasteiger partial charge in [-0.25, -0.2) is 4.79 Å². The lowest BCUT2D eigenvalue weighted by atomic mass is 9.93. The van der Waals surface area contributed by atoms with Gasteiger partial charge in [-0.05, 0) is 29.3 Å². The van der Waals surface area contributed by atoms with Gasteiger partial charge in [-0.3, -0.25) is 0 Å². The van der Waals surface area contributed by atoms with Crippen LogP contribution in [-0.2, 0) is 0 Å². The molecule has 0 fully saturated rings. The van der Waals surface area contributed by atoms with Gasteiger partial charge in [-0.1, -0.05) is 60.7 Å². The molecule has 116 valence electrons. The molecule has 0 N–H and O–H groups in total. The average molecular weight is 330 g/mol. The minimum atomic E-state index is -0.341. The smallest absolute Gasteiger partial charge is 0.344 e. The number of rotatable bonds is 2. The predicted molar refractivity (Wildman–Crippen MR) is 101 cm³/mol. The van der Waals surface area contributed by atoms with Gasteiger partial charge in [0.15, 0.2) is 0 Å². The highest BCUT2D eigenvalue weighted by Gasteiger charge is 2.17. The van der Waals surface area contributed by atoms with Crippen LogP contribution in [0.25, 0.3) is 33.2 Å². The zero-order valence-corrected chi connectivity index (χ0v) is 13.7. The molecule has 0 unspecified atom stereocenters. The predicted octanol–water partition coefficient (Wildman–Crippen LogP) is 5.42. The second kappa shape index (κ2) is 6.02. The summed E-state index contributed by atoms with van der Waals surface area (Å²) in [5.41, 5.74) is 3.52. The van der Waals surface area contributed by atoms with Crippen LogP contribution in [0.4, 0.5) is 0 Å². The van der Waals surface area contributed by atoms with Gasteiger partial charge in [0, 0.05) is 15.8 Å². The molecule has 2 nitrogen and oxygen atoms in total. The quantitative estimate of drug-likeness (QED) is 0.393. The zero-order valence-electron chi connectivity index (χ0n) is 12.8. The average Bonchev–Trinajstić information content (AvgIpc) is 2.62. The summed E-state index contributed by atoms with van der Waals surface area (Å²) in [6.45, 7) is 0. The van der Waals surface area contributed by atoms with Gasteiger partial charge in [0.2, 0.25) is 0 Å². The van der Waals surface area contributed by atoms with Crippen molar-refractivity contribution in [2.45, 2.75) is 4.90 Å². The Labute approximate surface area is 144 Å². The fourth-order valence-corrected chi connectivity index (χ4v) is 3.15. The molecule has 24 heavy (non-hydrogen) atoms. The minimum absolute atomic E-state index is 0.341. The SMILES string of the molecule is O=c1oc2cc(S)ccc2c(-c2ccccc2)c1-c1ccccc1. The molecule has 0 radical (unpaired) electrons. The van der Waals surface area contributed by atoms with E-state index in [2.05, 4.69) is 12.6 Å². The van der Waals surface area contributed by atoms with Gasteiger partial charge in [0.05, 0.1) is 5.56 Å². The molecule has 0 aliphatic carbocycles. The highest BCUT2D eigenvalue weighted by atomic mass is 32.1. The number of hydrogen-bond acceptors (Lipinski definition) is 3. The third-order valence-corrected chi connectivity index (χ3v) is 4.29. The lowest BCUT2D eigenvalue weighted by Gasteiger charge is -2.12. The molecule has 0 amide bonds. The summed E-state index contributed by atoms with van der Waals surface area (Å²) in [7, 11) is 0. The van der Waals surface area contributed by atoms with Gasteiger partial charge in [0.25, 0.3) is 0 Å². The molecule has 4 rings (SSSR count). The van der Waals surface area contributed by atoms with Crippen molar-refractivity contribution in [3.8, 4) is 22.3 Å². The van der Waals surface area contributed by atoms with Crippen LogP contribution < -0.4 is 5.63 Å². The second-order valence-electron chi connectivity index (χ2n) is 5.55. The van der Waals surface area contributed by atoms with Crippen LogP contribution in [0.1, 0.15) is 0 Å². The maximum atomic E-state index is 12.7. The highest BCUT2D eigenvalue weighted by molar-refractivity contribution is 7.80. The van der Waals surface area contributed by atoms with Crippen LogP contribution in [0.2, 0.25) is 0 Å². The summed E-state index contributed by atoms with van der Waals surface area (Å²) in [5, 5.41) is 0.900. The summed E-state index contributed by atoms with van der Waals surface area (Å²) < 4.78 is 5.59. The molecular formula is C21H14O2S. The highest BCUT2D eigenvalue weighted by Crippen LogP contribution is 2.36. The standard InChI is InChI=1S/C21H14O2S/c22-21-20(15-9-5-2-6-10-15)19(14-7-3-1-4-8-14)17-12-11-16(24)13-18(17)23-21/h1-13,24H. The Hall–Kier alpha value is -2.78. The van der Waals surface area contributed by atoms with E-state index in [9.17, 15) is 4.79 Å². The summed E-state index contributed by atoms with van der Waals surface area (Å²) in [6.07, 6.45) is 0. The number of hydrogen-bond donors (Lipinski definition) is 1. The largest absolute Gasteiger partial charge is 0.422 e. The molecule has 4 aromatic rings. The van der Waals surface area contributed by atoms with Crippen molar-refractivity contribution in [1.82, 2.24) is 0 Å². The topological polar surface area (TPSA) is 30.2 Å². The molecule has 0 aliphatic rings. The Bertz CT molecular complexity index is 1070. The van der Waals surface area contributed by atoms with Crippen LogP contribution in [0.5, 0.6) is 0 Å². The van der Waals surface area contributed by atoms with Crippen molar-refractivity contribution in [3.63, 3.8) is 0 Å². The first-order valence-electron chi connectivity index (χ1n) is 7.65. The lowest BCUT2D eigenvalue weighted by Crippen LogP contribution is -2.06. The molecule has 0 saturated heterocycles. The molecule has 0 bridgehead atoms. The lowest BCUT2D eigenvalue weighted by molar-refractivity contribution is 0.563. The van der Waals surface area contributed by atoms with Crippen LogP contribution in [0, 0.1) is 0 Å². The van der Waals surface area contributed by atoms with E-state index < -0.39 is 0 Å². The van der Waals surface area contributed by atoms with Crippen molar-refractivity contribution in [3.05, 3.63) is 89.3 Å². The second-order valence-corrected chi connectivity index (χ2v) is 6.07. The van der Waals surface area contributed by atoms with Gasteiger partial charge >= 0.3 is 5.63 Å². The molecule has 3 heteroatoms. The van der Waals surface area contributed by atoms with E-state index in [1.54, 1.807) is 6.07 Å². The Kier molecular flexibility index (Phi) is 3.71. The molecule has 0 spiro atoms. The molecule has 3 aromatic carbocycles. The van der Waals surface area contributed by atoms with Gasteiger partial charge in [-0.15, -0.1) is 12.6 Å². The normalized spacial score (nSPS) is 10.9. The molecular weight excluding hydrogens is 316 g/mol. The number of fused-ring (bicyclic) bond motifs is 1. The Morgan fingerprint density at radius 2 is 1.29 bits per heavy atom. The van der Waals surface area contributed by atoms with Gasteiger partial charge in [-0.2, -0.15) is 0 Å². The van der Waals surface area contributed by atoms with E-state index in [4.69, 9.17) is 4.42 Å². The van der Waals surface area contributed by atoms with E-state index in [1.807, 2.05) is 72.8 Å². The number of benzene rings is 3. The van der Waals surface area contributed by atoms with E-state index in [-0.39, 0.29) is 5.63 Å². The Morgan fingerprint density at radius 1 is 0.708 bits per heavy atom. The third kappa shape index (κ3) is 2.53. The van der Waals surface area contributed by atoms with Crippen LogP contribution in [0.3, 0.4) is 0 Å². The van der Waals surface area contributed by atoms with Crippen LogP contribution in [-0.4, -0.2) is 0 Å². The monoisotopic (exact) mass is 330 g/mol. The van der Waals surface area contributed by atoms with Crippen molar-refractivity contribution < 1.29 is 4.42 Å². The Morgan fingerprint density at radius 3 is 1.92 bits per heavy atom. The van der Waals surface area contributed by atoms with E-state index in [1.165, 1.54) is 0 Å². The maximum Gasteiger partial charge on any atom is 0.344 e.